The first-order chi connectivity index (χ1) is 15.4. The molecule has 0 aliphatic heterocycles. The van der Waals surface area contributed by atoms with Gasteiger partial charge in [-0.3, -0.25) is 28.8 Å². The van der Waals surface area contributed by atoms with Crippen molar-refractivity contribution in [3.8, 4) is 0 Å². The van der Waals surface area contributed by atoms with E-state index in [2.05, 4.69) is 25.9 Å². The number of rotatable bonds is 14. The van der Waals surface area contributed by atoms with Crippen molar-refractivity contribution in [3.63, 3.8) is 0 Å². The number of carbonyl (C=O) groups excluding carboxylic acids is 4. The Hall–Kier alpha value is -4.01. The monoisotopic (exact) mass is 469 g/mol. The molecule has 0 saturated heterocycles. The third kappa shape index (κ3) is 9.77. The molecule has 4 amide bonds. The molecule has 0 aliphatic carbocycles. The highest BCUT2D eigenvalue weighted by Crippen LogP contribution is 2.03. The molecule has 0 fully saturated rings. The van der Waals surface area contributed by atoms with Crippen molar-refractivity contribution in [2.45, 2.75) is 56.8 Å². The van der Waals surface area contributed by atoms with Crippen molar-refractivity contribution in [3.05, 3.63) is 18.2 Å². The fraction of sp³-hybridized carbons (Fsp3) is 0.500. The second kappa shape index (κ2) is 12.7. The number of amides is 4. The molecule has 10 N–H and O–H groups in total. The molecule has 0 aliphatic rings. The summed E-state index contributed by atoms with van der Waals surface area (Å²) >= 11 is 0. The first-order valence-corrected chi connectivity index (χ1v) is 9.77. The Morgan fingerprint density at radius 2 is 1.64 bits per heavy atom. The lowest BCUT2D eigenvalue weighted by Crippen LogP contribution is -2.57. The highest BCUT2D eigenvalue weighted by molar-refractivity contribution is 5.95. The molecule has 1 aromatic heterocycles. The van der Waals surface area contributed by atoms with E-state index in [1.165, 1.54) is 19.4 Å². The lowest BCUT2D eigenvalue weighted by atomic mass is 10.1. The van der Waals surface area contributed by atoms with Gasteiger partial charge in [0.15, 0.2) is 0 Å². The van der Waals surface area contributed by atoms with E-state index in [0.717, 1.165) is 0 Å². The number of H-pyrrole nitrogens is 1. The van der Waals surface area contributed by atoms with Crippen molar-refractivity contribution < 1.29 is 39.0 Å². The predicted octanol–water partition coefficient (Wildman–Crippen LogP) is -3.42. The van der Waals surface area contributed by atoms with Crippen LogP contribution in [0.4, 0.5) is 0 Å². The van der Waals surface area contributed by atoms with E-state index in [9.17, 15) is 28.8 Å². The van der Waals surface area contributed by atoms with Crippen molar-refractivity contribution in [1.29, 1.82) is 0 Å². The fourth-order valence-electron chi connectivity index (χ4n) is 2.57. The minimum Gasteiger partial charge on any atom is -0.481 e. The van der Waals surface area contributed by atoms with E-state index in [1.54, 1.807) is 0 Å². The average molecular weight is 469 g/mol. The Morgan fingerprint density at radius 3 is 2.15 bits per heavy atom. The number of carboxylic acid groups (broad SMARTS) is 2. The van der Waals surface area contributed by atoms with E-state index >= 15 is 0 Å². The summed E-state index contributed by atoms with van der Waals surface area (Å²) < 4.78 is 0. The maximum absolute atomic E-state index is 12.7. The topological polar surface area (TPSA) is 260 Å². The van der Waals surface area contributed by atoms with Gasteiger partial charge in [0.2, 0.25) is 23.6 Å². The molecular formula is C18H27N7O8. The summed E-state index contributed by atoms with van der Waals surface area (Å²) in [5, 5.41) is 24.8. The van der Waals surface area contributed by atoms with Crippen LogP contribution in [0.25, 0.3) is 0 Å². The summed E-state index contributed by atoms with van der Waals surface area (Å²) in [6.45, 7) is 1.22. The summed E-state index contributed by atoms with van der Waals surface area (Å²) in [6.07, 6.45) is 1.42. The zero-order valence-corrected chi connectivity index (χ0v) is 17.7. The minimum absolute atomic E-state index is 0.124. The van der Waals surface area contributed by atoms with Crippen molar-refractivity contribution >= 4 is 35.6 Å². The number of aromatic amines is 1. The summed E-state index contributed by atoms with van der Waals surface area (Å²) in [6, 6.07) is -5.43. The Kier molecular flexibility index (Phi) is 10.4. The summed E-state index contributed by atoms with van der Waals surface area (Å²) in [7, 11) is 0. The third-order valence-electron chi connectivity index (χ3n) is 4.39. The molecular weight excluding hydrogens is 442 g/mol. The lowest BCUT2D eigenvalue weighted by Gasteiger charge is -2.23. The standard InChI is InChI=1S/C18H27N7O8/c1-8(18(32)33)23-16(30)11(4-9-6-21-7-22-9)25-17(31)12(5-14(27)28)24-15(29)10(19)2-3-13(20)26/h6-8,10-12H,2-5,19H2,1H3,(H2,20,26)(H,21,22)(H,23,30)(H,24,29)(H,25,31)(H,27,28)(H,32,33). The molecule has 182 valence electrons. The van der Waals surface area contributed by atoms with Crippen LogP contribution in [0.15, 0.2) is 12.5 Å². The van der Waals surface area contributed by atoms with Crippen LogP contribution < -0.4 is 27.4 Å². The molecule has 33 heavy (non-hydrogen) atoms. The van der Waals surface area contributed by atoms with Crippen molar-refractivity contribution in [2.24, 2.45) is 11.5 Å². The third-order valence-corrected chi connectivity index (χ3v) is 4.39. The lowest BCUT2D eigenvalue weighted by molar-refractivity contribution is -0.143. The number of carboxylic acids is 2. The smallest absolute Gasteiger partial charge is 0.325 e. The number of hydrogen-bond acceptors (Lipinski definition) is 8. The number of primary amides is 1. The predicted molar refractivity (Wildman–Crippen MR) is 110 cm³/mol. The number of imidazole rings is 1. The second-order valence-electron chi connectivity index (χ2n) is 7.18. The Morgan fingerprint density at radius 1 is 1.03 bits per heavy atom. The Balaban J connectivity index is 2.97. The van der Waals surface area contributed by atoms with Crippen LogP contribution >= 0.6 is 0 Å². The number of nitrogens with zero attached hydrogens (tertiary/aromatic N) is 1. The molecule has 0 spiro atoms. The van der Waals surface area contributed by atoms with Crippen LogP contribution in [0.3, 0.4) is 0 Å². The largest absolute Gasteiger partial charge is 0.481 e. The van der Waals surface area contributed by atoms with Crippen LogP contribution in [0, 0.1) is 0 Å². The molecule has 1 aromatic rings. The zero-order chi connectivity index (χ0) is 25.1. The molecule has 4 atom stereocenters. The molecule has 15 heteroatoms. The first-order valence-electron chi connectivity index (χ1n) is 9.77. The number of nitrogens with two attached hydrogens (primary N) is 2. The van der Waals surface area contributed by atoms with E-state index in [0.29, 0.717) is 5.69 Å². The van der Waals surface area contributed by atoms with Crippen LogP contribution in [-0.2, 0) is 35.2 Å². The normalized spacial score (nSPS) is 14.2. The van der Waals surface area contributed by atoms with Crippen molar-refractivity contribution in [2.75, 3.05) is 0 Å². The van der Waals surface area contributed by atoms with Gasteiger partial charge in [-0.15, -0.1) is 0 Å². The molecule has 0 bridgehead atoms. The number of aliphatic carboxylic acids is 2. The van der Waals surface area contributed by atoms with Crippen LogP contribution in [0.5, 0.6) is 0 Å². The number of hydrogen-bond donors (Lipinski definition) is 8. The molecule has 0 radical (unpaired) electrons. The van der Waals surface area contributed by atoms with Gasteiger partial charge in [-0.2, -0.15) is 0 Å². The van der Waals surface area contributed by atoms with E-state index in [1.807, 2.05) is 0 Å². The van der Waals surface area contributed by atoms with Crippen LogP contribution in [-0.4, -0.2) is 79.9 Å². The Labute approximate surface area is 187 Å². The molecule has 0 aromatic carbocycles. The van der Waals surface area contributed by atoms with Gasteiger partial charge in [-0.1, -0.05) is 0 Å². The van der Waals surface area contributed by atoms with Gasteiger partial charge in [0.05, 0.1) is 18.8 Å². The fourth-order valence-corrected chi connectivity index (χ4v) is 2.57. The van der Waals surface area contributed by atoms with E-state index in [4.69, 9.17) is 21.7 Å². The van der Waals surface area contributed by atoms with Gasteiger partial charge in [0, 0.05) is 24.7 Å². The maximum Gasteiger partial charge on any atom is 0.325 e. The summed E-state index contributed by atoms with van der Waals surface area (Å²) in [4.78, 5) is 77.1. The highest BCUT2D eigenvalue weighted by Gasteiger charge is 2.31. The maximum atomic E-state index is 12.7. The van der Waals surface area contributed by atoms with Gasteiger partial charge in [0.25, 0.3) is 0 Å². The SMILES string of the molecule is CC(NC(=O)C(Cc1cnc[nH]1)NC(=O)C(CC(=O)O)NC(=O)C(N)CCC(N)=O)C(=O)O. The Bertz CT molecular complexity index is 873. The van der Waals surface area contributed by atoms with Gasteiger partial charge >= 0.3 is 11.9 Å². The van der Waals surface area contributed by atoms with Gasteiger partial charge in [-0.25, -0.2) is 4.98 Å². The highest BCUT2D eigenvalue weighted by atomic mass is 16.4. The quantitative estimate of drug-likeness (QED) is 0.134. The van der Waals surface area contributed by atoms with Gasteiger partial charge < -0.3 is 42.6 Å². The number of carbonyl (C=O) groups is 6. The number of nitrogens with one attached hydrogen (secondary N) is 4. The van der Waals surface area contributed by atoms with Gasteiger partial charge in [-0.05, 0) is 13.3 Å². The van der Waals surface area contributed by atoms with Crippen LogP contribution in [0.2, 0.25) is 0 Å². The molecule has 15 nitrogen and oxygen atoms in total. The molecule has 1 heterocycles. The average Bonchev–Trinajstić information content (AvgIpc) is 3.23. The molecule has 1 rings (SSSR count). The zero-order valence-electron chi connectivity index (χ0n) is 17.7. The van der Waals surface area contributed by atoms with E-state index < -0.39 is 66.2 Å². The van der Waals surface area contributed by atoms with Crippen LogP contribution in [0.1, 0.15) is 31.9 Å². The summed E-state index contributed by atoms with van der Waals surface area (Å²) in [5.41, 5.74) is 11.1. The van der Waals surface area contributed by atoms with E-state index in [-0.39, 0.29) is 19.3 Å². The molecule has 4 unspecified atom stereocenters. The minimum atomic E-state index is -1.61. The molecule has 0 saturated carbocycles. The van der Waals surface area contributed by atoms with Crippen molar-refractivity contribution in [1.82, 2.24) is 25.9 Å². The number of aromatic nitrogens is 2. The second-order valence-corrected chi connectivity index (χ2v) is 7.18. The van der Waals surface area contributed by atoms with Gasteiger partial charge in [0.1, 0.15) is 18.1 Å². The summed E-state index contributed by atoms with van der Waals surface area (Å²) in [5.74, 6) is -6.19. The first kappa shape index (κ1) is 27.0.